The summed E-state index contributed by atoms with van der Waals surface area (Å²) in [5.74, 6) is 0.154. The Morgan fingerprint density at radius 1 is 1.36 bits per heavy atom. The SMILES string of the molecule is CC(N)C(=O)CCCc1ccccc1. The van der Waals surface area contributed by atoms with Gasteiger partial charge in [-0.05, 0) is 25.3 Å². The molecule has 0 bridgehead atoms. The second kappa shape index (κ2) is 5.55. The Hall–Kier alpha value is -1.15. The monoisotopic (exact) mass is 191 g/mol. The predicted octanol–water partition coefficient (Wildman–Crippen LogP) is 1.93. The minimum atomic E-state index is -0.314. The largest absolute Gasteiger partial charge is 0.322 e. The number of Topliss-reactive ketones (excluding diaryl/α,β-unsaturated/α-hetero) is 1. The molecule has 0 aromatic heterocycles. The van der Waals surface area contributed by atoms with E-state index in [0.29, 0.717) is 6.42 Å². The number of nitrogens with two attached hydrogens (primary N) is 1. The Labute approximate surface area is 85.1 Å². The number of hydrogen-bond donors (Lipinski definition) is 1. The van der Waals surface area contributed by atoms with Crippen molar-refractivity contribution in [3.63, 3.8) is 0 Å². The first-order valence-corrected chi connectivity index (χ1v) is 5.02. The first-order chi connectivity index (χ1) is 6.70. The fourth-order valence-electron chi connectivity index (χ4n) is 1.34. The molecule has 0 saturated heterocycles. The van der Waals surface area contributed by atoms with Crippen molar-refractivity contribution < 1.29 is 4.79 Å². The lowest BCUT2D eigenvalue weighted by Gasteiger charge is -2.03. The maximum Gasteiger partial charge on any atom is 0.149 e. The van der Waals surface area contributed by atoms with Crippen molar-refractivity contribution in [2.45, 2.75) is 32.2 Å². The van der Waals surface area contributed by atoms with Crippen LogP contribution in [0.25, 0.3) is 0 Å². The van der Waals surface area contributed by atoms with Gasteiger partial charge in [0.1, 0.15) is 5.78 Å². The van der Waals surface area contributed by atoms with E-state index in [-0.39, 0.29) is 11.8 Å². The highest BCUT2D eigenvalue weighted by molar-refractivity contribution is 5.83. The number of benzene rings is 1. The Morgan fingerprint density at radius 2 is 2.00 bits per heavy atom. The van der Waals surface area contributed by atoms with Gasteiger partial charge in [-0.15, -0.1) is 0 Å². The van der Waals surface area contributed by atoms with Crippen molar-refractivity contribution in [1.29, 1.82) is 0 Å². The minimum absolute atomic E-state index is 0.154. The molecule has 1 unspecified atom stereocenters. The van der Waals surface area contributed by atoms with Gasteiger partial charge in [0.15, 0.2) is 0 Å². The van der Waals surface area contributed by atoms with Gasteiger partial charge in [-0.3, -0.25) is 4.79 Å². The molecule has 76 valence electrons. The molecule has 1 rings (SSSR count). The maximum atomic E-state index is 11.2. The number of ketones is 1. The summed E-state index contributed by atoms with van der Waals surface area (Å²) in [6.07, 6.45) is 2.44. The molecule has 0 spiro atoms. The van der Waals surface area contributed by atoms with Crippen LogP contribution in [-0.4, -0.2) is 11.8 Å². The third-order valence-corrected chi connectivity index (χ3v) is 2.24. The lowest BCUT2D eigenvalue weighted by molar-refractivity contribution is -0.120. The summed E-state index contributed by atoms with van der Waals surface area (Å²) in [4.78, 5) is 11.2. The van der Waals surface area contributed by atoms with Crippen LogP contribution in [0.4, 0.5) is 0 Å². The lowest BCUT2D eigenvalue weighted by Crippen LogP contribution is -2.26. The van der Waals surface area contributed by atoms with E-state index in [1.165, 1.54) is 5.56 Å². The first kappa shape index (κ1) is 10.9. The minimum Gasteiger partial charge on any atom is -0.322 e. The van der Waals surface area contributed by atoms with Crippen molar-refractivity contribution >= 4 is 5.78 Å². The third-order valence-electron chi connectivity index (χ3n) is 2.24. The highest BCUT2D eigenvalue weighted by Gasteiger charge is 2.06. The standard InChI is InChI=1S/C12H17NO/c1-10(13)12(14)9-5-8-11-6-3-2-4-7-11/h2-4,6-7,10H,5,8-9,13H2,1H3. The van der Waals surface area contributed by atoms with Crippen molar-refractivity contribution in [2.75, 3.05) is 0 Å². The molecular formula is C12H17NO. The smallest absolute Gasteiger partial charge is 0.149 e. The topological polar surface area (TPSA) is 43.1 Å². The van der Waals surface area contributed by atoms with Crippen LogP contribution in [0.15, 0.2) is 30.3 Å². The van der Waals surface area contributed by atoms with Crippen LogP contribution in [0, 0.1) is 0 Å². The molecule has 14 heavy (non-hydrogen) atoms. The zero-order valence-corrected chi connectivity index (χ0v) is 8.57. The van der Waals surface area contributed by atoms with Gasteiger partial charge in [0.25, 0.3) is 0 Å². The van der Waals surface area contributed by atoms with E-state index < -0.39 is 0 Å². The van der Waals surface area contributed by atoms with Gasteiger partial charge < -0.3 is 5.73 Å². The molecule has 0 radical (unpaired) electrons. The van der Waals surface area contributed by atoms with E-state index >= 15 is 0 Å². The summed E-state index contributed by atoms with van der Waals surface area (Å²) >= 11 is 0. The number of hydrogen-bond acceptors (Lipinski definition) is 2. The fourth-order valence-corrected chi connectivity index (χ4v) is 1.34. The number of rotatable bonds is 5. The zero-order valence-electron chi connectivity index (χ0n) is 8.57. The van der Waals surface area contributed by atoms with Crippen molar-refractivity contribution in [1.82, 2.24) is 0 Å². The molecule has 0 aliphatic heterocycles. The summed E-state index contributed by atoms with van der Waals surface area (Å²) in [5.41, 5.74) is 6.75. The molecule has 2 nitrogen and oxygen atoms in total. The lowest BCUT2D eigenvalue weighted by atomic mass is 10.0. The summed E-state index contributed by atoms with van der Waals surface area (Å²) in [6, 6.07) is 9.88. The fraction of sp³-hybridized carbons (Fsp3) is 0.417. The average molecular weight is 191 g/mol. The van der Waals surface area contributed by atoms with Crippen LogP contribution in [0.1, 0.15) is 25.3 Å². The molecule has 1 aromatic rings. The van der Waals surface area contributed by atoms with Crippen LogP contribution in [0.3, 0.4) is 0 Å². The highest BCUT2D eigenvalue weighted by atomic mass is 16.1. The maximum absolute atomic E-state index is 11.2. The summed E-state index contributed by atoms with van der Waals surface area (Å²) in [7, 11) is 0. The Kier molecular flexibility index (Phi) is 4.33. The molecule has 0 saturated carbocycles. The van der Waals surface area contributed by atoms with E-state index in [0.717, 1.165) is 12.8 Å². The van der Waals surface area contributed by atoms with E-state index in [9.17, 15) is 4.79 Å². The highest BCUT2D eigenvalue weighted by Crippen LogP contribution is 2.05. The van der Waals surface area contributed by atoms with Crippen molar-refractivity contribution in [3.8, 4) is 0 Å². The van der Waals surface area contributed by atoms with Gasteiger partial charge in [-0.2, -0.15) is 0 Å². The van der Waals surface area contributed by atoms with E-state index in [1.54, 1.807) is 6.92 Å². The van der Waals surface area contributed by atoms with Crippen LogP contribution in [0.5, 0.6) is 0 Å². The van der Waals surface area contributed by atoms with Gasteiger partial charge >= 0.3 is 0 Å². The van der Waals surface area contributed by atoms with E-state index in [4.69, 9.17) is 5.73 Å². The molecule has 0 aliphatic carbocycles. The number of aryl methyl sites for hydroxylation is 1. The Bertz CT molecular complexity index is 280. The van der Waals surface area contributed by atoms with E-state index in [2.05, 4.69) is 12.1 Å². The second-order valence-electron chi connectivity index (χ2n) is 3.59. The van der Waals surface area contributed by atoms with Crippen LogP contribution >= 0.6 is 0 Å². The Balaban J connectivity index is 2.26. The van der Waals surface area contributed by atoms with Crippen LogP contribution < -0.4 is 5.73 Å². The summed E-state index contributed by atoms with van der Waals surface area (Å²) in [6.45, 7) is 1.74. The Morgan fingerprint density at radius 3 is 2.57 bits per heavy atom. The quantitative estimate of drug-likeness (QED) is 0.772. The molecule has 2 heteroatoms. The number of carbonyl (C=O) groups is 1. The van der Waals surface area contributed by atoms with Gasteiger partial charge in [0, 0.05) is 6.42 Å². The second-order valence-corrected chi connectivity index (χ2v) is 3.59. The zero-order chi connectivity index (χ0) is 10.4. The molecule has 1 aromatic carbocycles. The van der Waals surface area contributed by atoms with Crippen LogP contribution in [0.2, 0.25) is 0 Å². The molecule has 1 atom stereocenters. The van der Waals surface area contributed by atoms with Gasteiger partial charge in [0.05, 0.1) is 6.04 Å². The third kappa shape index (κ3) is 3.71. The molecule has 0 amide bonds. The molecule has 0 aliphatic rings. The summed E-state index contributed by atoms with van der Waals surface area (Å²) in [5, 5.41) is 0. The predicted molar refractivity (Wildman–Crippen MR) is 58.0 cm³/mol. The molecule has 2 N–H and O–H groups in total. The van der Waals surface area contributed by atoms with Crippen LogP contribution in [-0.2, 0) is 11.2 Å². The molecule has 0 heterocycles. The summed E-state index contributed by atoms with van der Waals surface area (Å²) < 4.78 is 0. The van der Waals surface area contributed by atoms with Gasteiger partial charge in [0.2, 0.25) is 0 Å². The first-order valence-electron chi connectivity index (χ1n) is 5.02. The molecule has 0 fully saturated rings. The normalized spacial score (nSPS) is 12.4. The van der Waals surface area contributed by atoms with E-state index in [1.807, 2.05) is 18.2 Å². The van der Waals surface area contributed by atoms with Crippen molar-refractivity contribution in [2.24, 2.45) is 5.73 Å². The van der Waals surface area contributed by atoms with Gasteiger partial charge in [-0.1, -0.05) is 30.3 Å². The number of carbonyl (C=O) groups excluding carboxylic acids is 1. The average Bonchev–Trinajstić information content (AvgIpc) is 2.19. The van der Waals surface area contributed by atoms with Gasteiger partial charge in [-0.25, -0.2) is 0 Å². The van der Waals surface area contributed by atoms with Crippen molar-refractivity contribution in [3.05, 3.63) is 35.9 Å². The molecular weight excluding hydrogens is 174 g/mol.